The first-order valence-corrected chi connectivity index (χ1v) is 5.25. The summed E-state index contributed by atoms with van der Waals surface area (Å²) in [7, 11) is 0. The van der Waals surface area contributed by atoms with E-state index in [0.29, 0.717) is 5.56 Å². The Morgan fingerprint density at radius 2 is 1.80 bits per heavy atom. The van der Waals surface area contributed by atoms with Gasteiger partial charge in [0.1, 0.15) is 0 Å². The van der Waals surface area contributed by atoms with E-state index in [1.807, 2.05) is 30.3 Å². The first kappa shape index (κ1) is 9.98. The van der Waals surface area contributed by atoms with Gasteiger partial charge in [-0.1, -0.05) is 12.1 Å². The molecule has 0 aliphatic rings. The number of rotatable bonds is 2. The van der Waals surface area contributed by atoms with Gasteiger partial charge in [-0.15, -0.1) is 0 Å². The highest BCUT2D eigenvalue weighted by molar-refractivity contribution is 9.10. The molecule has 1 amide bonds. The Morgan fingerprint density at radius 1 is 1.13 bits per heavy atom. The number of nitrogens with one attached hydrogen (secondary N) is 1. The zero-order chi connectivity index (χ0) is 10.7. The quantitative estimate of drug-likeness (QED) is 0.889. The topological polar surface area (TPSA) is 34.0 Å². The van der Waals surface area contributed by atoms with Gasteiger partial charge in [0.05, 0.1) is 5.56 Å². The molecular weight excluding hydrogens is 256 g/mol. The van der Waals surface area contributed by atoms with Crippen molar-refractivity contribution in [1.29, 1.82) is 0 Å². The Bertz CT molecular complexity index is 465. The van der Waals surface area contributed by atoms with Crippen molar-refractivity contribution in [3.8, 4) is 0 Å². The lowest BCUT2D eigenvalue weighted by Gasteiger charge is -2.06. The van der Waals surface area contributed by atoms with Crippen molar-refractivity contribution in [1.82, 2.24) is 4.68 Å². The van der Waals surface area contributed by atoms with Crippen molar-refractivity contribution in [3.05, 3.63) is 58.8 Å². The van der Waals surface area contributed by atoms with E-state index in [0.717, 1.165) is 4.47 Å². The van der Waals surface area contributed by atoms with Crippen LogP contribution in [0.5, 0.6) is 0 Å². The molecule has 0 fully saturated rings. The molecule has 0 unspecified atom stereocenters. The molecule has 0 bridgehead atoms. The zero-order valence-electron chi connectivity index (χ0n) is 7.85. The van der Waals surface area contributed by atoms with Crippen molar-refractivity contribution >= 4 is 21.8 Å². The number of halogens is 1. The van der Waals surface area contributed by atoms with Crippen molar-refractivity contribution in [2.75, 3.05) is 5.43 Å². The Hall–Kier alpha value is -1.55. The van der Waals surface area contributed by atoms with E-state index in [9.17, 15) is 4.79 Å². The summed E-state index contributed by atoms with van der Waals surface area (Å²) in [5.74, 6) is -0.140. The summed E-state index contributed by atoms with van der Waals surface area (Å²) in [5.41, 5.74) is 3.34. The number of hydrogen-bond acceptors (Lipinski definition) is 1. The molecule has 0 saturated carbocycles. The van der Waals surface area contributed by atoms with Crippen LogP contribution >= 0.6 is 15.9 Å². The van der Waals surface area contributed by atoms with Gasteiger partial charge in [-0.3, -0.25) is 14.9 Å². The summed E-state index contributed by atoms with van der Waals surface area (Å²) < 4.78 is 2.40. The number of carbonyl (C=O) groups excluding carboxylic acids is 1. The summed E-state index contributed by atoms with van der Waals surface area (Å²) in [6.07, 6.45) is 3.55. The van der Waals surface area contributed by atoms with Crippen LogP contribution < -0.4 is 5.43 Å². The molecule has 3 nitrogen and oxygen atoms in total. The molecule has 0 aliphatic heterocycles. The SMILES string of the molecule is O=C(Nn1cccc1)c1ccccc1Br. The molecule has 2 aromatic rings. The second-order valence-electron chi connectivity index (χ2n) is 3.01. The monoisotopic (exact) mass is 264 g/mol. The van der Waals surface area contributed by atoms with E-state index in [-0.39, 0.29) is 5.91 Å². The minimum atomic E-state index is -0.140. The third kappa shape index (κ3) is 2.27. The van der Waals surface area contributed by atoms with Crippen LogP contribution in [0.3, 0.4) is 0 Å². The van der Waals surface area contributed by atoms with Crippen molar-refractivity contribution in [2.45, 2.75) is 0 Å². The second kappa shape index (κ2) is 4.31. The van der Waals surface area contributed by atoms with E-state index >= 15 is 0 Å². The van der Waals surface area contributed by atoms with E-state index in [2.05, 4.69) is 21.4 Å². The van der Waals surface area contributed by atoms with Gasteiger partial charge in [-0.2, -0.15) is 0 Å². The van der Waals surface area contributed by atoms with Gasteiger partial charge in [0, 0.05) is 16.9 Å². The van der Waals surface area contributed by atoms with Crippen molar-refractivity contribution in [2.24, 2.45) is 0 Å². The Labute approximate surface area is 95.8 Å². The minimum Gasteiger partial charge on any atom is -0.268 e. The summed E-state index contributed by atoms with van der Waals surface area (Å²) >= 11 is 3.33. The fourth-order valence-corrected chi connectivity index (χ4v) is 1.70. The summed E-state index contributed by atoms with van der Waals surface area (Å²) in [5, 5.41) is 0. The molecule has 0 spiro atoms. The maximum Gasteiger partial charge on any atom is 0.271 e. The van der Waals surface area contributed by atoms with E-state index < -0.39 is 0 Å². The molecule has 0 radical (unpaired) electrons. The Balaban J connectivity index is 2.19. The third-order valence-electron chi connectivity index (χ3n) is 1.95. The van der Waals surface area contributed by atoms with Crippen LogP contribution in [0.15, 0.2) is 53.3 Å². The van der Waals surface area contributed by atoms with Crippen LogP contribution in [0.25, 0.3) is 0 Å². The number of nitrogens with zero attached hydrogens (tertiary/aromatic N) is 1. The molecule has 4 heteroatoms. The molecule has 0 atom stereocenters. The van der Waals surface area contributed by atoms with Gasteiger partial charge in [-0.25, -0.2) is 0 Å². The van der Waals surface area contributed by atoms with Crippen molar-refractivity contribution < 1.29 is 4.79 Å². The first-order chi connectivity index (χ1) is 7.27. The lowest BCUT2D eigenvalue weighted by Crippen LogP contribution is -2.21. The fourth-order valence-electron chi connectivity index (χ4n) is 1.23. The maximum atomic E-state index is 11.8. The average Bonchev–Trinajstić information content (AvgIpc) is 2.71. The highest BCUT2D eigenvalue weighted by Gasteiger charge is 2.08. The number of aromatic nitrogens is 1. The smallest absolute Gasteiger partial charge is 0.268 e. The fraction of sp³-hybridized carbons (Fsp3) is 0. The predicted molar refractivity (Wildman–Crippen MR) is 62.3 cm³/mol. The van der Waals surface area contributed by atoms with Gasteiger partial charge >= 0.3 is 0 Å². The van der Waals surface area contributed by atoms with Gasteiger partial charge < -0.3 is 0 Å². The number of hydrogen-bond donors (Lipinski definition) is 1. The van der Waals surface area contributed by atoms with Crippen LogP contribution in [0.2, 0.25) is 0 Å². The molecule has 1 heterocycles. The first-order valence-electron chi connectivity index (χ1n) is 4.46. The lowest BCUT2D eigenvalue weighted by molar-refractivity contribution is 0.101. The highest BCUT2D eigenvalue weighted by atomic mass is 79.9. The average molecular weight is 265 g/mol. The standard InChI is InChI=1S/C11H9BrN2O/c12-10-6-2-1-5-9(10)11(15)13-14-7-3-4-8-14/h1-8H,(H,13,15). The molecule has 0 saturated heterocycles. The molecule has 1 N–H and O–H groups in total. The third-order valence-corrected chi connectivity index (χ3v) is 2.65. The van der Waals surface area contributed by atoms with Crippen LogP contribution in [-0.2, 0) is 0 Å². The van der Waals surface area contributed by atoms with Gasteiger partial charge in [0.25, 0.3) is 5.91 Å². The molecule has 1 aromatic carbocycles. The highest BCUT2D eigenvalue weighted by Crippen LogP contribution is 2.15. The second-order valence-corrected chi connectivity index (χ2v) is 3.87. The minimum absolute atomic E-state index is 0.140. The largest absolute Gasteiger partial charge is 0.271 e. The Morgan fingerprint density at radius 3 is 2.47 bits per heavy atom. The molecule has 76 valence electrons. The lowest BCUT2D eigenvalue weighted by atomic mass is 10.2. The summed E-state index contributed by atoms with van der Waals surface area (Å²) in [4.78, 5) is 11.8. The van der Waals surface area contributed by atoms with Gasteiger partial charge in [0.2, 0.25) is 0 Å². The van der Waals surface area contributed by atoms with Crippen LogP contribution in [0.4, 0.5) is 0 Å². The van der Waals surface area contributed by atoms with Crippen LogP contribution in [-0.4, -0.2) is 10.6 Å². The van der Waals surface area contributed by atoms with Gasteiger partial charge in [0.15, 0.2) is 0 Å². The maximum absolute atomic E-state index is 11.8. The number of carbonyl (C=O) groups is 1. The van der Waals surface area contributed by atoms with Crippen molar-refractivity contribution in [3.63, 3.8) is 0 Å². The normalized spacial score (nSPS) is 9.93. The summed E-state index contributed by atoms with van der Waals surface area (Å²) in [6, 6.07) is 11.0. The molecule has 15 heavy (non-hydrogen) atoms. The van der Waals surface area contributed by atoms with Crippen LogP contribution in [0.1, 0.15) is 10.4 Å². The van der Waals surface area contributed by atoms with E-state index in [4.69, 9.17) is 0 Å². The van der Waals surface area contributed by atoms with E-state index in [1.165, 1.54) is 0 Å². The van der Waals surface area contributed by atoms with Gasteiger partial charge in [-0.05, 0) is 40.2 Å². The molecule has 1 aromatic heterocycles. The summed E-state index contributed by atoms with van der Waals surface area (Å²) in [6.45, 7) is 0. The van der Waals surface area contributed by atoms with E-state index in [1.54, 1.807) is 23.1 Å². The number of benzene rings is 1. The molecule has 0 aliphatic carbocycles. The van der Waals surface area contributed by atoms with Crippen LogP contribution in [0, 0.1) is 0 Å². The molecular formula is C11H9BrN2O. The predicted octanol–water partition coefficient (Wildman–Crippen LogP) is 2.63. The Kier molecular flexibility index (Phi) is 2.87. The molecule has 2 rings (SSSR count). The zero-order valence-corrected chi connectivity index (χ0v) is 9.44. The number of amides is 1.